The molecule has 92 valence electrons. The fourth-order valence-corrected chi connectivity index (χ4v) is 2.53. The first-order valence-corrected chi connectivity index (χ1v) is 6.01. The van der Waals surface area contributed by atoms with E-state index in [4.69, 9.17) is 0 Å². The maximum absolute atomic E-state index is 11.7. The van der Waals surface area contributed by atoms with Crippen LogP contribution in [-0.4, -0.2) is 19.5 Å². The van der Waals surface area contributed by atoms with Crippen LogP contribution in [0, 0.1) is 6.92 Å². The van der Waals surface area contributed by atoms with E-state index in [1.807, 2.05) is 43.3 Å². The van der Waals surface area contributed by atoms with E-state index in [-0.39, 0.29) is 5.56 Å². The molecule has 0 saturated heterocycles. The van der Waals surface area contributed by atoms with Gasteiger partial charge in [0.1, 0.15) is 5.52 Å². The molecule has 5 nitrogen and oxygen atoms in total. The lowest BCUT2D eigenvalue weighted by Crippen LogP contribution is -2.16. The number of nitrogens with zero attached hydrogens (tertiary/aromatic N) is 4. The summed E-state index contributed by atoms with van der Waals surface area (Å²) in [5.41, 5.74) is 2.37. The number of fused-ring (bicyclic) bond motifs is 5. The molecule has 0 radical (unpaired) electrons. The van der Waals surface area contributed by atoms with Gasteiger partial charge in [-0.25, -0.2) is 4.52 Å². The fraction of sp³-hybridized carbons (Fsp3) is 0.0714. The lowest BCUT2D eigenvalue weighted by Gasteiger charge is -2.06. The molecule has 4 rings (SSSR count). The first-order chi connectivity index (χ1) is 9.25. The van der Waals surface area contributed by atoms with Crippen LogP contribution in [0.1, 0.15) is 5.69 Å². The standard InChI is InChI=1S/C14H10N4O/c1-9-8-13(19)18-16-15-14-11-5-3-2-4-10(11)6-7-12(14)17(9)18/h2-8H,1H3. The largest absolute Gasteiger partial charge is 0.290 e. The Labute approximate surface area is 107 Å². The maximum Gasteiger partial charge on any atom is 0.290 e. The van der Waals surface area contributed by atoms with Crippen LogP contribution in [-0.2, 0) is 0 Å². The number of aryl methyl sites for hydroxylation is 1. The van der Waals surface area contributed by atoms with Crippen molar-refractivity contribution >= 4 is 21.8 Å². The monoisotopic (exact) mass is 250 g/mol. The van der Waals surface area contributed by atoms with Crippen LogP contribution in [0.2, 0.25) is 0 Å². The molecule has 0 N–H and O–H groups in total. The maximum atomic E-state index is 11.7. The quantitative estimate of drug-likeness (QED) is 0.447. The number of hydrogen-bond donors (Lipinski definition) is 0. The highest BCUT2D eigenvalue weighted by Crippen LogP contribution is 2.22. The van der Waals surface area contributed by atoms with Gasteiger partial charge < -0.3 is 0 Å². The molecule has 0 aliphatic heterocycles. The highest BCUT2D eigenvalue weighted by atomic mass is 16.1. The van der Waals surface area contributed by atoms with Crippen LogP contribution in [0.3, 0.4) is 0 Å². The summed E-state index contributed by atoms with van der Waals surface area (Å²) < 4.78 is 3.07. The molecule has 0 aliphatic carbocycles. The van der Waals surface area contributed by atoms with Crippen molar-refractivity contribution in [2.45, 2.75) is 6.92 Å². The number of aromatic nitrogens is 4. The summed E-state index contributed by atoms with van der Waals surface area (Å²) in [7, 11) is 0. The Morgan fingerprint density at radius 3 is 2.84 bits per heavy atom. The zero-order valence-electron chi connectivity index (χ0n) is 10.2. The van der Waals surface area contributed by atoms with Crippen molar-refractivity contribution in [3.05, 3.63) is 58.5 Å². The van der Waals surface area contributed by atoms with Crippen molar-refractivity contribution in [1.29, 1.82) is 0 Å². The highest BCUT2D eigenvalue weighted by molar-refractivity contribution is 6.03. The summed E-state index contributed by atoms with van der Waals surface area (Å²) in [5.74, 6) is 0. The minimum absolute atomic E-state index is 0.167. The van der Waals surface area contributed by atoms with E-state index in [1.165, 1.54) is 4.63 Å². The summed E-state index contributed by atoms with van der Waals surface area (Å²) in [6.45, 7) is 1.89. The van der Waals surface area contributed by atoms with E-state index in [2.05, 4.69) is 10.3 Å². The molecule has 5 heteroatoms. The smallest absolute Gasteiger partial charge is 0.266 e. The number of rotatable bonds is 0. The Balaban J connectivity index is 2.35. The van der Waals surface area contributed by atoms with Crippen LogP contribution in [0.4, 0.5) is 0 Å². The van der Waals surface area contributed by atoms with Crippen LogP contribution in [0.25, 0.3) is 21.8 Å². The van der Waals surface area contributed by atoms with E-state index in [0.29, 0.717) is 0 Å². The Hall–Kier alpha value is -2.69. The zero-order chi connectivity index (χ0) is 13.0. The van der Waals surface area contributed by atoms with E-state index < -0.39 is 0 Å². The predicted octanol–water partition coefficient (Wildman–Crippen LogP) is 1.80. The molecule has 2 aromatic heterocycles. The molecule has 0 bridgehead atoms. The third-order valence-corrected chi connectivity index (χ3v) is 3.39. The van der Waals surface area contributed by atoms with Crippen molar-refractivity contribution < 1.29 is 0 Å². The van der Waals surface area contributed by atoms with Gasteiger partial charge in [0.25, 0.3) is 5.56 Å². The van der Waals surface area contributed by atoms with Crippen molar-refractivity contribution in [2.75, 3.05) is 0 Å². The van der Waals surface area contributed by atoms with Gasteiger partial charge in [0.2, 0.25) is 0 Å². The normalized spacial score (nSPS) is 11.6. The van der Waals surface area contributed by atoms with Crippen molar-refractivity contribution in [2.24, 2.45) is 0 Å². The van der Waals surface area contributed by atoms with Crippen molar-refractivity contribution in [1.82, 2.24) is 19.5 Å². The molecule has 2 aromatic carbocycles. The zero-order valence-corrected chi connectivity index (χ0v) is 10.2. The average Bonchev–Trinajstić information content (AvgIpc) is 2.74. The Kier molecular flexibility index (Phi) is 1.84. The van der Waals surface area contributed by atoms with Crippen LogP contribution >= 0.6 is 0 Å². The van der Waals surface area contributed by atoms with E-state index >= 15 is 0 Å². The topological polar surface area (TPSA) is 51.7 Å². The third kappa shape index (κ3) is 1.26. The van der Waals surface area contributed by atoms with Crippen LogP contribution in [0.15, 0.2) is 47.3 Å². The van der Waals surface area contributed by atoms with Crippen molar-refractivity contribution in [3.63, 3.8) is 0 Å². The predicted molar refractivity (Wildman–Crippen MR) is 72.5 cm³/mol. The second kappa shape index (κ2) is 3.41. The first-order valence-electron chi connectivity index (χ1n) is 6.01. The molecule has 0 unspecified atom stereocenters. The fourth-order valence-electron chi connectivity index (χ4n) is 2.53. The molecule has 0 amide bonds. The van der Waals surface area contributed by atoms with E-state index in [9.17, 15) is 4.79 Å². The van der Waals surface area contributed by atoms with E-state index in [0.717, 1.165) is 27.5 Å². The number of benzene rings is 2. The highest BCUT2D eigenvalue weighted by Gasteiger charge is 2.09. The molecular formula is C14H10N4O. The molecule has 0 saturated carbocycles. The molecule has 0 atom stereocenters. The first kappa shape index (κ1) is 10.3. The Morgan fingerprint density at radius 1 is 1.11 bits per heavy atom. The summed E-state index contributed by atoms with van der Waals surface area (Å²) in [6, 6.07) is 13.6. The van der Waals surface area contributed by atoms with Gasteiger partial charge in [-0.3, -0.25) is 4.79 Å². The molecule has 0 fully saturated rings. The summed E-state index contributed by atoms with van der Waals surface area (Å²) in [5, 5.41) is 10.4. The molecule has 19 heavy (non-hydrogen) atoms. The SMILES string of the molecule is Cc1cc(=O)n2nnc3c4ccccc4ccc3n12. The Morgan fingerprint density at radius 2 is 1.95 bits per heavy atom. The molecule has 4 aromatic rings. The molecule has 0 aliphatic rings. The summed E-state index contributed by atoms with van der Waals surface area (Å²) in [6.07, 6.45) is 0. The summed E-state index contributed by atoms with van der Waals surface area (Å²) >= 11 is 0. The van der Waals surface area contributed by atoms with Crippen LogP contribution in [0.5, 0.6) is 0 Å². The number of hydrogen-bond acceptors (Lipinski definition) is 3. The van der Waals surface area contributed by atoms with Gasteiger partial charge in [-0.05, 0) is 23.6 Å². The van der Waals surface area contributed by atoms with Gasteiger partial charge in [0, 0.05) is 17.1 Å². The second-order valence-corrected chi connectivity index (χ2v) is 4.57. The minimum Gasteiger partial charge on any atom is -0.266 e. The average molecular weight is 250 g/mol. The lowest BCUT2D eigenvalue weighted by atomic mass is 10.1. The third-order valence-electron chi connectivity index (χ3n) is 3.39. The second-order valence-electron chi connectivity index (χ2n) is 4.57. The molecular weight excluding hydrogens is 240 g/mol. The summed E-state index contributed by atoms with van der Waals surface area (Å²) in [4.78, 5) is 11.7. The lowest BCUT2D eigenvalue weighted by molar-refractivity contribution is 0.637. The molecule has 2 heterocycles. The van der Waals surface area contributed by atoms with Gasteiger partial charge in [-0.15, -0.1) is 9.73 Å². The van der Waals surface area contributed by atoms with Crippen LogP contribution < -0.4 is 5.56 Å². The van der Waals surface area contributed by atoms with Gasteiger partial charge in [0.05, 0.1) is 5.52 Å². The van der Waals surface area contributed by atoms with Gasteiger partial charge in [-0.1, -0.05) is 30.3 Å². The Bertz CT molecular complexity index is 997. The van der Waals surface area contributed by atoms with E-state index in [1.54, 1.807) is 10.6 Å². The van der Waals surface area contributed by atoms with Gasteiger partial charge in [0.15, 0.2) is 0 Å². The molecule has 0 spiro atoms. The minimum atomic E-state index is -0.167. The van der Waals surface area contributed by atoms with Crippen molar-refractivity contribution in [3.8, 4) is 0 Å². The van der Waals surface area contributed by atoms with Gasteiger partial charge in [-0.2, -0.15) is 0 Å². The van der Waals surface area contributed by atoms with Gasteiger partial charge >= 0.3 is 0 Å².